The predicted octanol–water partition coefficient (Wildman–Crippen LogP) is 6.90. The summed E-state index contributed by atoms with van der Waals surface area (Å²) < 4.78 is 6.67. The average molecular weight is 397 g/mol. The average Bonchev–Trinajstić information content (AvgIpc) is 2.55. The van der Waals surface area contributed by atoms with Crippen molar-refractivity contribution in [1.29, 1.82) is 0 Å². The van der Waals surface area contributed by atoms with Gasteiger partial charge < -0.3 is 4.74 Å². The monoisotopic (exact) mass is 395 g/mol. The molecule has 2 nitrogen and oxygen atoms in total. The van der Waals surface area contributed by atoms with Crippen LogP contribution in [0.3, 0.4) is 0 Å². The summed E-state index contributed by atoms with van der Waals surface area (Å²) in [7, 11) is 0. The second-order valence-electron chi connectivity index (χ2n) is 5.62. The lowest BCUT2D eigenvalue weighted by Crippen LogP contribution is -1.97. The Hall–Kier alpha value is -1.06. The predicted molar refractivity (Wildman–Crippen MR) is 101 cm³/mol. The van der Waals surface area contributed by atoms with E-state index in [1.165, 1.54) is 32.1 Å². The summed E-state index contributed by atoms with van der Waals surface area (Å²) in [5, 5.41) is 0.639. The van der Waals surface area contributed by atoms with Gasteiger partial charge in [-0.1, -0.05) is 50.6 Å². The molecule has 0 spiro atoms. The van der Waals surface area contributed by atoms with Gasteiger partial charge in [-0.05, 0) is 52.7 Å². The van der Waals surface area contributed by atoms with E-state index >= 15 is 0 Å². The normalized spacial score (nSPS) is 10.7. The van der Waals surface area contributed by atoms with E-state index in [0.717, 1.165) is 34.5 Å². The van der Waals surface area contributed by atoms with Crippen molar-refractivity contribution in [2.24, 2.45) is 0 Å². The third-order valence-electron chi connectivity index (χ3n) is 3.70. The molecule has 4 heteroatoms. The lowest BCUT2D eigenvalue weighted by atomic mass is 10.1. The summed E-state index contributed by atoms with van der Waals surface area (Å²) in [4.78, 5) is 4.37. The number of aromatic nitrogens is 1. The molecule has 0 unspecified atom stereocenters. The number of hydrogen-bond acceptors (Lipinski definition) is 2. The Labute approximate surface area is 152 Å². The molecule has 0 radical (unpaired) electrons. The van der Waals surface area contributed by atoms with Crippen LogP contribution in [-0.2, 0) is 0 Å². The number of benzene rings is 1. The molecule has 124 valence electrons. The second-order valence-corrected chi connectivity index (χ2v) is 6.95. The van der Waals surface area contributed by atoms with Crippen LogP contribution in [0.15, 0.2) is 41.0 Å². The molecule has 0 saturated carbocycles. The summed E-state index contributed by atoms with van der Waals surface area (Å²) in [6, 6.07) is 9.81. The fourth-order valence-electron chi connectivity index (χ4n) is 2.41. The molecular formula is C19H23BrClNO. The van der Waals surface area contributed by atoms with Crippen LogP contribution in [0, 0.1) is 0 Å². The first-order valence-corrected chi connectivity index (χ1v) is 9.42. The Morgan fingerprint density at radius 2 is 1.74 bits per heavy atom. The van der Waals surface area contributed by atoms with Crippen molar-refractivity contribution in [2.45, 2.75) is 45.4 Å². The molecule has 1 heterocycles. The van der Waals surface area contributed by atoms with Gasteiger partial charge >= 0.3 is 0 Å². The standard InChI is InChI=1S/C19H23BrClNO/c1-2-3-4-5-6-7-12-23-17-10-8-15(9-11-17)19-18(21)13-16(20)14-22-19/h8-11,13-14H,2-7,12H2,1H3. The SMILES string of the molecule is CCCCCCCCOc1ccc(-c2ncc(Br)cc2Cl)cc1. The first-order valence-electron chi connectivity index (χ1n) is 8.25. The van der Waals surface area contributed by atoms with Gasteiger partial charge in [-0.3, -0.25) is 4.98 Å². The smallest absolute Gasteiger partial charge is 0.119 e. The summed E-state index contributed by atoms with van der Waals surface area (Å²) in [6.45, 7) is 3.02. The van der Waals surface area contributed by atoms with E-state index in [4.69, 9.17) is 16.3 Å². The molecular weight excluding hydrogens is 374 g/mol. The number of pyridine rings is 1. The third-order valence-corrected chi connectivity index (χ3v) is 4.42. The van der Waals surface area contributed by atoms with Crippen LogP contribution in [0.2, 0.25) is 5.02 Å². The van der Waals surface area contributed by atoms with Crippen LogP contribution < -0.4 is 4.74 Å². The van der Waals surface area contributed by atoms with E-state index in [1.54, 1.807) is 6.20 Å². The molecule has 0 saturated heterocycles. The molecule has 0 aliphatic carbocycles. The molecule has 0 atom stereocenters. The van der Waals surface area contributed by atoms with E-state index in [9.17, 15) is 0 Å². The maximum absolute atomic E-state index is 6.23. The van der Waals surface area contributed by atoms with Crippen LogP contribution >= 0.6 is 27.5 Å². The lowest BCUT2D eigenvalue weighted by molar-refractivity contribution is 0.304. The largest absolute Gasteiger partial charge is 0.494 e. The highest BCUT2D eigenvalue weighted by Crippen LogP contribution is 2.29. The van der Waals surface area contributed by atoms with Gasteiger partial charge in [0.25, 0.3) is 0 Å². The van der Waals surface area contributed by atoms with Crippen molar-refractivity contribution in [3.8, 4) is 17.0 Å². The summed E-state index contributed by atoms with van der Waals surface area (Å²) in [5.41, 5.74) is 1.78. The van der Waals surface area contributed by atoms with Crippen LogP contribution in [0.4, 0.5) is 0 Å². The fraction of sp³-hybridized carbons (Fsp3) is 0.421. The molecule has 1 aromatic carbocycles. The van der Waals surface area contributed by atoms with Crippen molar-refractivity contribution in [2.75, 3.05) is 6.61 Å². The highest BCUT2D eigenvalue weighted by molar-refractivity contribution is 9.10. The molecule has 2 aromatic rings. The Morgan fingerprint density at radius 3 is 2.43 bits per heavy atom. The van der Waals surface area contributed by atoms with Gasteiger partial charge in [0.1, 0.15) is 5.75 Å². The number of halogens is 2. The number of unbranched alkanes of at least 4 members (excludes halogenated alkanes) is 5. The highest BCUT2D eigenvalue weighted by Gasteiger charge is 2.06. The van der Waals surface area contributed by atoms with Crippen molar-refractivity contribution < 1.29 is 4.74 Å². The van der Waals surface area contributed by atoms with E-state index in [1.807, 2.05) is 30.3 Å². The number of nitrogens with zero attached hydrogens (tertiary/aromatic N) is 1. The minimum atomic E-state index is 0.639. The molecule has 2 rings (SSSR count). The first-order chi connectivity index (χ1) is 11.2. The van der Waals surface area contributed by atoms with Crippen molar-refractivity contribution in [3.05, 3.63) is 46.0 Å². The van der Waals surface area contributed by atoms with Crippen LogP contribution in [0.5, 0.6) is 5.75 Å². The van der Waals surface area contributed by atoms with E-state index < -0.39 is 0 Å². The highest BCUT2D eigenvalue weighted by atomic mass is 79.9. The summed E-state index contributed by atoms with van der Waals surface area (Å²) in [5.74, 6) is 0.899. The Morgan fingerprint density at radius 1 is 1.04 bits per heavy atom. The summed E-state index contributed by atoms with van der Waals surface area (Å²) >= 11 is 9.60. The number of rotatable bonds is 9. The topological polar surface area (TPSA) is 22.1 Å². The maximum Gasteiger partial charge on any atom is 0.119 e. The van der Waals surface area contributed by atoms with Gasteiger partial charge in [-0.25, -0.2) is 0 Å². The Balaban J connectivity index is 1.80. The zero-order valence-corrected chi connectivity index (χ0v) is 15.9. The molecule has 0 N–H and O–H groups in total. The Kier molecular flexibility index (Phi) is 7.90. The van der Waals surface area contributed by atoms with Gasteiger partial charge in [0.05, 0.1) is 17.3 Å². The zero-order chi connectivity index (χ0) is 16.5. The molecule has 0 amide bonds. The molecule has 0 aliphatic rings. The minimum Gasteiger partial charge on any atom is -0.494 e. The Bertz CT molecular complexity index is 601. The van der Waals surface area contributed by atoms with E-state index in [2.05, 4.69) is 27.8 Å². The van der Waals surface area contributed by atoms with Crippen LogP contribution in [0.25, 0.3) is 11.3 Å². The maximum atomic E-state index is 6.23. The fourth-order valence-corrected chi connectivity index (χ4v) is 3.15. The quantitative estimate of drug-likeness (QED) is 0.430. The van der Waals surface area contributed by atoms with Crippen molar-refractivity contribution >= 4 is 27.5 Å². The van der Waals surface area contributed by atoms with Gasteiger partial charge in [-0.15, -0.1) is 0 Å². The van der Waals surface area contributed by atoms with E-state index in [-0.39, 0.29) is 0 Å². The zero-order valence-electron chi connectivity index (χ0n) is 13.5. The van der Waals surface area contributed by atoms with E-state index in [0.29, 0.717) is 5.02 Å². The van der Waals surface area contributed by atoms with Gasteiger partial charge in [-0.2, -0.15) is 0 Å². The van der Waals surface area contributed by atoms with Crippen LogP contribution in [0.1, 0.15) is 45.4 Å². The second kappa shape index (κ2) is 9.94. The third kappa shape index (κ3) is 6.15. The van der Waals surface area contributed by atoms with Gasteiger partial charge in [0.2, 0.25) is 0 Å². The van der Waals surface area contributed by atoms with Gasteiger partial charge in [0, 0.05) is 16.2 Å². The van der Waals surface area contributed by atoms with Crippen molar-refractivity contribution in [3.63, 3.8) is 0 Å². The number of ether oxygens (including phenoxy) is 1. The number of hydrogen-bond donors (Lipinski definition) is 0. The molecule has 1 aromatic heterocycles. The lowest BCUT2D eigenvalue weighted by Gasteiger charge is -2.08. The van der Waals surface area contributed by atoms with Crippen LogP contribution in [-0.4, -0.2) is 11.6 Å². The molecule has 0 bridgehead atoms. The van der Waals surface area contributed by atoms with Gasteiger partial charge in [0.15, 0.2) is 0 Å². The molecule has 0 fully saturated rings. The first kappa shape index (κ1) is 18.3. The summed E-state index contributed by atoms with van der Waals surface area (Å²) in [6.07, 6.45) is 9.40. The minimum absolute atomic E-state index is 0.639. The molecule has 23 heavy (non-hydrogen) atoms. The van der Waals surface area contributed by atoms with Crippen molar-refractivity contribution in [1.82, 2.24) is 4.98 Å². The molecule has 0 aliphatic heterocycles.